The Morgan fingerprint density at radius 3 is 2.50 bits per heavy atom. The van der Waals surface area contributed by atoms with E-state index in [1.165, 1.54) is 12.5 Å². The third-order valence-corrected chi connectivity index (χ3v) is 5.27. The zero-order valence-electron chi connectivity index (χ0n) is 12.3. The van der Waals surface area contributed by atoms with E-state index < -0.39 is 5.97 Å². The predicted molar refractivity (Wildman–Crippen MR) is 93.8 cm³/mol. The van der Waals surface area contributed by atoms with Crippen molar-refractivity contribution < 1.29 is 9.53 Å². The van der Waals surface area contributed by atoms with E-state index in [-0.39, 0.29) is 5.54 Å². The smallest absolute Gasteiger partial charge is 0.343 e. The molecule has 6 heteroatoms. The van der Waals surface area contributed by atoms with Crippen molar-refractivity contribution >= 4 is 45.1 Å². The van der Waals surface area contributed by atoms with Crippen LogP contribution in [-0.4, -0.2) is 18.6 Å². The third kappa shape index (κ3) is 3.85. The second-order valence-corrected chi connectivity index (χ2v) is 6.66. The van der Waals surface area contributed by atoms with E-state index >= 15 is 0 Å². The summed E-state index contributed by atoms with van der Waals surface area (Å²) >= 11 is 15.2. The number of hydrogen-bond donors (Lipinski definition) is 1. The van der Waals surface area contributed by atoms with Crippen LogP contribution >= 0.6 is 39.1 Å². The van der Waals surface area contributed by atoms with E-state index in [1.807, 2.05) is 7.05 Å². The maximum absolute atomic E-state index is 12.4. The minimum Gasteiger partial charge on any atom is -0.425 e. The zero-order valence-corrected chi connectivity index (χ0v) is 15.4. The van der Waals surface area contributed by atoms with E-state index in [1.54, 1.807) is 17.1 Å². The maximum atomic E-state index is 12.4. The van der Waals surface area contributed by atoms with Gasteiger partial charge in [0, 0.05) is 4.99 Å². The average Bonchev–Trinajstić information content (AvgIpc) is 2.55. The Balaban J connectivity index is 2.18. The fourth-order valence-corrected chi connectivity index (χ4v) is 3.61. The van der Waals surface area contributed by atoms with Crippen LogP contribution in [0.5, 0.6) is 0 Å². The summed E-state index contributed by atoms with van der Waals surface area (Å²) in [6.07, 6.45) is 5.30. The van der Waals surface area contributed by atoms with Gasteiger partial charge in [-0.25, -0.2) is 4.79 Å². The molecule has 0 unspecified atom stereocenters. The number of benzene rings is 1. The Kier molecular flexibility index (Phi) is 6.33. The van der Waals surface area contributed by atoms with Crippen molar-refractivity contribution in [1.29, 1.82) is 0 Å². The first-order valence-electron chi connectivity index (χ1n) is 7.19. The summed E-state index contributed by atoms with van der Waals surface area (Å²) in [7, 11) is 1.90. The fourth-order valence-electron chi connectivity index (χ4n) is 2.78. The van der Waals surface area contributed by atoms with E-state index in [9.17, 15) is 4.79 Å². The Hall–Kier alpha value is -0.550. The number of carbonyl (C=O) groups is 1. The Bertz CT molecular complexity index is 584. The lowest BCUT2D eigenvalue weighted by Gasteiger charge is -2.37. The molecule has 1 aromatic carbocycles. The molecule has 0 atom stereocenters. The molecule has 1 fully saturated rings. The fraction of sp³-hybridized carbons (Fsp3) is 0.438. The quantitative estimate of drug-likeness (QED) is 0.543. The highest BCUT2D eigenvalue weighted by Crippen LogP contribution is 2.35. The van der Waals surface area contributed by atoms with Crippen molar-refractivity contribution in [1.82, 2.24) is 5.32 Å². The molecule has 0 aliphatic heterocycles. The second kappa shape index (κ2) is 7.82. The molecule has 1 saturated carbocycles. The minimum absolute atomic E-state index is 0.298. The van der Waals surface area contributed by atoms with Gasteiger partial charge in [0.15, 0.2) is 0 Å². The van der Waals surface area contributed by atoms with E-state index in [4.69, 9.17) is 27.9 Å². The first-order valence-corrected chi connectivity index (χ1v) is 8.86. The van der Waals surface area contributed by atoms with Gasteiger partial charge in [0.2, 0.25) is 0 Å². The van der Waals surface area contributed by atoms with Crippen molar-refractivity contribution in [3.05, 3.63) is 44.6 Å². The number of nitrogens with one attached hydrogen (secondary N) is 1. The van der Waals surface area contributed by atoms with Crippen LogP contribution in [0.15, 0.2) is 28.9 Å². The first-order chi connectivity index (χ1) is 10.5. The van der Waals surface area contributed by atoms with Crippen molar-refractivity contribution in [2.24, 2.45) is 0 Å². The summed E-state index contributed by atoms with van der Waals surface area (Å²) in [5, 5.41) is 4.07. The Morgan fingerprint density at radius 1 is 1.27 bits per heavy atom. The van der Waals surface area contributed by atoms with Crippen LogP contribution < -0.4 is 5.32 Å². The lowest BCUT2D eigenvalue weighted by Crippen LogP contribution is -2.47. The maximum Gasteiger partial charge on any atom is 0.343 e. The van der Waals surface area contributed by atoms with Gasteiger partial charge in [0.1, 0.15) is 5.76 Å². The summed E-state index contributed by atoms with van der Waals surface area (Å²) in [6.45, 7) is 0. The van der Waals surface area contributed by atoms with Crippen LogP contribution in [-0.2, 0) is 4.74 Å². The molecular weight excluding hydrogens is 389 g/mol. The molecule has 120 valence electrons. The standard InChI is InChI=1S/C16H18BrCl2NO2/c1-20-16(7-3-2-4-8-16)14(10-17)22-15(21)11-5-6-12(18)13(19)9-11/h5-6,9-10,20H,2-4,7-8H2,1H3/b14-10+. The van der Waals surface area contributed by atoms with Crippen LogP contribution in [0.25, 0.3) is 0 Å². The number of ether oxygens (including phenoxy) is 1. The van der Waals surface area contributed by atoms with Gasteiger partial charge in [0.05, 0.1) is 21.1 Å². The topological polar surface area (TPSA) is 38.3 Å². The molecule has 0 spiro atoms. The zero-order chi connectivity index (χ0) is 16.2. The normalized spacial score (nSPS) is 18.1. The highest BCUT2D eigenvalue weighted by Gasteiger charge is 2.37. The SMILES string of the molecule is CNC1(/C(=C\Br)OC(=O)c2ccc(Cl)c(Cl)c2)CCCCC1. The largest absolute Gasteiger partial charge is 0.425 e. The van der Waals surface area contributed by atoms with Crippen LogP contribution in [0.4, 0.5) is 0 Å². The van der Waals surface area contributed by atoms with Gasteiger partial charge in [-0.15, -0.1) is 0 Å². The van der Waals surface area contributed by atoms with Crippen molar-refractivity contribution in [3.63, 3.8) is 0 Å². The summed E-state index contributed by atoms with van der Waals surface area (Å²) in [6, 6.07) is 4.72. The molecule has 1 aromatic rings. The number of likely N-dealkylation sites (N-methyl/N-ethyl adjacent to an activating group) is 1. The molecule has 1 aliphatic rings. The number of halogens is 3. The monoisotopic (exact) mass is 405 g/mol. The van der Waals surface area contributed by atoms with E-state index in [2.05, 4.69) is 21.2 Å². The molecule has 0 radical (unpaired) electrons. The van der Waals surface area contributed by atoms with Gasteiger partial charge >= 0.3 is 5.97 Å². The average molecular weight is 407 g/mol. The number of esters is 1. The molecule has 0 saturated heterocycles. The summed E-state index contributed by atoms with van der Waals surface area (Å²) in [5.41, 5.74) is 0.0801. The Morgan fingerprint density at radius 2 is 1.95 bits per heavy atom. The molecule has 3 nitrogen and oxygen atoms in total. The second-order valence-electron chi connectivity index (χ2n) is 5.38. The van der Waals surface area contributed by atoms with Gasteiger partial charge in [-0.05, 0) is 38.1 Å². The van der Waals surface area contributed by atoms with Gasteiger partial charge in [0.25, 0.3) is 0 Å². The lowest BCUT2D eigenvalue weighted by molar-refractivity contribution is 0.0535. The van der Waals surface area contributed by atoms with E-state index in [0.717, 1.165) is 25.7 Å². The van der Waals surface area contributed by atoms with Crippen molar-refractivity contribution in [2.75, 3.05) is 7.05 Å². The molecule has 0 bridgehead atoms. The highest BCUT2D eigenvalue weighted by molar-refractivity contribution is 9.11. The molecule has 0 aromatic heterocycles. The van der Waals surface area contributed by atoms with Gasteiger partial charge in [-0.1, -0.05) is 58.4 Å². The van der Waals surface area contributed by atoms with Gasteiger partial charge < -0.3 is 10.1 Å². The van der Waals surface area contributed by atoms with Crippen LogP contribution in [0.1, 0.15) is 42.5 Å². The van der Waals surface area contributed by atoms with E-state index in [0.29, 0.717) is 21.4 Å². The summed E-state index contributed by atoms with van der Waals surface area (Å²) < 4.78 is 5.63. The summed E-state index contributed by atoms with van der Waals surface area (Å²) in [5.74, 6) is 0.162. The summed E-state index contributed by atoms with van der Waals surface area (Å²) in [4.78, 5) is 14.0. The molecule has 2 rings (SSSR count). The number of hydrogen-bond acceptors (Lipinski definition) is 3. The Labute approximate surface area is 149 Å². The predicted octanol–water partition coefficient (Wildman–Crippen LogP) is 5.31. The lowest BCUT2D eigenvalue weighted by atomic mass is 9.80. The van der Waals surface area contributed by atoms with Gasteiger partial charge in [-0.3, -0.25) is 0 Å². The minimum atomic E-state index is -0.440. The van der Waals surface area contributed by atoms with Crippen LogP contribution in [0.3, 0.4) is 0 Å². The van der Waals surface area contributed by atoms with Crippen molar-refractivity contribution in [3.8, 4) is 0 Å². The van der Waals surface area contributed by atoms with Crippen LogP contribution in [0.2, 0.25) is 10.0 Å². The number of rotatable bonds is 4. The molecule has 1 N–H and O–H groups in total. The highest BCUT2D eigenvalue weighted by atomic mass is 79.9. The number of carbonyl (C=O) groups excluding carboxylic acids is 1. The molecule has 0 heterocycles. The molecule has 1 aliphatic carbocycles. The molecule has 22 heavy (non-hydrogen) atoms. The van der Waals surface area contributed by atoms with Gasteiger partial charge in [-0.2, -0.15) is 0 Å². The van der Waals surface area contributed by atoms with Crippen molar-refractivity contribution in [2.45, 2.75) is 37.6 Å². The third-order valence-electron chi connectivity index (χ3n) is 4.11. The van der Waals surface area contributed by atoms with Crippen LogP contribution in [0, 0.1) is 0 Å². The molecular formula is C16H18BrCl2NO2. The first kappa shape index (κ1) is 17.8. The molecule has 0 amide bonds.